The quantitative estimate of drug-likeness (QED) is 0.146. The van der Waals surface area contributed by atoms with E-state index in [0.717, 1.165) is 28.8 Å². The molecule has 0 heterocycles. The fourth-order valence-corrected chi connectivity index (χ4v) is 6.26. The number of carbonyl (C=O) groups excluding carboxylic acids is 1. The number of nitrogens with zero attached hydrogens (tertiary/aromatic N) is 1. The number of halogens is 3. The number of ether oxygens (including phenoxy) is 2. The lowest BCUT2D eigenvalue weighted by atomic mass is 9.63. The summed E-state index contributed by atoms with van der Waals surface area (Å²) in [7, 11) is 2.95. The van der Waals surface area contributed by atoms with E-state index in [2.05, 4.69) is 0 Å². The molecular weight excluding hydrogens is 587 g/mol. The van der Waals surface area contributed by atoms with Crippen LogP contribution in [0.4, 0.5) is 13.2 Å². The normalized spacial score (nSPS) is 11.6. The number of hydrogen-bond acceptors (Lipinski definition) is 3. The molecule has 7 heteroatoms. The van der Waals surface area contributed by atoms with Crippen LogP contribution in [0.3, 0.4) is 0 Å². The third-order valence-electron chi connectivity index (χ3n) is 8.45. The first kappa shape index (κ1) is 32.4. The van der Waals surface area contributed by atoms with Gasteiger partial charge in [-0.2, -0.15) is 13.2 Å². The molecule has 4 nitrogen and oxygen atoms in total. The zero-order valence-electron chi connectivity index (χ0n) is 26.3. The molecule has 0 N–H and O–H groups in total. The summed E-state index contributed by atoms with van der Waals surface area (Å²) in [4.78, 5) is 16.4. The van der Waals surface area contributed by atoms with Crippen LogP contribution in [0, 0.1) is 0 Å². The van der Waals surface area contributed by atoms with Crippen molar-refractivity contribution in [2.24, 2.45) is 0 Å². The summed E-state index contributed by atoms with van der Waals surface area (Å²) in [6.45, 7) is 4.46. The second-order valence-electron chi connectivity index (χ2n) is 10.8. The predicted molar refractivity (Wildman–Crippen MR) is 176 cm³/mol. The van der Waals surface area contributed by atoms with Gasteiger partial charge in [0.15, 0.2) is 11.5 Å². The molecule has 0 bridgehead atoms. The highest BCUT2D eigenvalue weighted by atomic mass is 19.4. The summed E-state index contributed by atoms with van der Waals surface area (Å²) in [6, 6.07) is 35.4. The van der Waals surface area contributed by atoms with Crippen LogP contribution in [-0.4, -0.2) is 38.1 Å². The van der Waals surface area contributed by atoms with Crippen molar-refractivity contribution in [1.29, 1.82) is 0 Å². The molecule has 5 rings (SSSR count). The maximum atomic E-state index is 15.0. The Bertz CT molecular complexity index is 1690. The predicted octanol–water partition coefficient (Wildman–Crippen LogP) is 9.25. The van der Waals surface area contributed by atoms with Crippen LogP contribution in [0.25, 0.3) is 11.1 Å². The topological polar surface area (TPSA) is 38.8 Å². The van der Waals surface area contributed by atoms with Crippen molar-refractivity contribution < 1.29 is 27.4 Å². The van der Waals surface area contributed by atoms with E-state index >= 15 is 13.2 Å². The molecule has 0 saturated heterocycles. The molecule has 5 aromatic carbocycles. The summed E-state index contributed by atoms with van der Waals surface area (Å²) < 4.78 is 56.0. The zero-order valence-corrected chi connectivity index (χ0v) is 26.3. The number of carbonyl (C=O) groups is 1. The third kappa shape index (κ3) is 5.85. The molecule has 5 aromatic rings. The van der Waals surface area contributed by atoms with Crippen LogP contribution in [0.2, 0.25) is 0 Å². The van der Waals surface area contributed by atoms with E-state index in [9.17, 15) is 4.79 Å². The Hall–Kier alpha value is -5.04. The summed E-state index contributed by atoms with van der Waals surface area (Å²) in [5.74, 6) is 0.383. The van der Waals surface area contributed by atoms with Crippen LogP contribution >= 0.6 is 0 Å². The summed E-state index contributed by atoms with van der Waals surface area (Å²) in [5.41, 5.74) is 0.937. The number of rotatable bonds is 10. The van der Waals surface area contributed by atoms with Gasteiger partial charge >= 0.3 is 6.18 Å². The lowest BCUT2D eigenvalue weighted by Crippen LogP contribution is -2.37. The van der Waals surface area contributed by atoms with Gasteiger partial charge in [-0.05, 0) is 71.5 Å². The Morgan fingerprint density at radius 1 is 0.630 bits per heavy atom. The van der Waals surface area contributed by atoms with Gasteiger partial charge in [0.1, 0.15) is 0 Å². The van der Waals surface area contributed by atoms with Crippen LogP contribution in [0.15, 0.2) is 121 Å². The van der Waals surface area contributed by atoms with E-state index in [1.165, 1.54) is 14.2 Å². The molecule has 0 aliphatic carbocycles. The van der Waals surface area contributed by atoms with Crippen molar-refractivity contribution in [2.45, 2.75) is 25.4 Å². The van der Waals surface area contributed by atoms with Gasteiger partial charge in [0.05, 0.1) is 30.8 Å². The number of benzene rings is 5. The first-order valence-electron chi connectivity index (χ1n) is 15.1. The van der Waals surface area contributed by atoms with Crippen LogP contribution in [0.1, 0.15) is 52.0 Å². The van der Waals surface area contributed by atoms with Crippen molar-refractivity contribution in [1.82, 2.24) is 4.90 Å². The maximum absolute atomic E-state index is 15.0. The minimum atomic E-state index is -4.72. The minimum absolute atomic E-state index is 0.148. The fourth-order valence-electron chi connectivity index (χ4n) is 6.26. The Kier molecular flexibility index (Phi) is 9.52. The SMILES string of the molecule is CCN(CC)C(=O)c1c(-c2ccc(OC)c(OC)c2)cc(C(F)(F)F)cc1C(c1ccccc1)(c1ccccc1)c1ccccc1. The fraction of sp³-hybridized carbons (Fsp3) is 0.205. The zero-order chi connectivity index (χ0) is 32.9. The van der Waals surface area contributed by atoms with Gasteiger partial charge in [0.2, 0.25) is 0 Å². The van der Waals surface area contributed by atoms with Crippen LogP contribution in [-0.2, 0) is 11.6 Å². The number of alkyl halides is 3. The number of amides is 1. The van der Waals surface area contributed by atoms with Gasteiger partial charge in [-0.25, -0.2) is 0 Å². The van der Waals surface area contributed by atoms with E-state index in [1.54, 1.807) is 23.1 Å². The second-order valence-corrected chi connectivity index (χ2v) is 10.8. The van der Waals surface area contributed by atoms with E-state index in [4.69, 9.17) is 9.47 Å². The molecule has 0 fully saturated rings. The van der Waals surface area contributed by atoms with E-state index in [1.807, 2.05) is 105 Å². The Morgan fingerprint density at radius 2 is 1.11 bits per heavy atom. The molecule has 0 spiro atoms. The van der Waals surface area contributed by atoms with Crippen LogP contribution < -0.4 is 9.47 Å². The van der Waals surface area contributed by atoms with Gasteiger partial charge in [-0.3, -0.25) is 4.79 Å². The van der Waals surface area contributed by atoms with Gasteiger partial charge in [-0.1, -0.05) is 97.1 Å². The van der Waals surface area contributed by atoms with Crippen molar-refractivity contribution in [3.05, 3.63) is 155 Å². The van der Waals surface area contributed by atoms with E-state index < -0.39 is 17.2 Å². The minimum Gasteiger partial charge on any atom is -0.493 e. The molecule has 0 saturated carbocycles. The van der Waals surface area contributed by atoms with E-state index in [-0.39, 0.29) is 22.6 Å². The number of methoxy groups -OCH3 is 2. The van der Waals surface area contributed by atoms with Crippen molar-refractivity contribution in [3.8, 4) is 22.6 Å². The van der Waals surface area contributed by atoms with Crippen molar-refractivity contribution in [3.63, 3.8) is 0 Å². The Morgan fingerprint density at radius 3 is 1.52 bits per heavy atom. The highest BCUT2D eigenvalue weighted by Gasteiger charge is 2.44. The smallest absolute Gasteiger partial charge is 0.416 e. The summed E-state index contributed by atoms with van der Waals surface area (Å²) in [6.07, 6.45) is -4.72. The molecule has 0 unspecified atom stereocenters. The summed E-state index contributed by atoms with van der Waals surface area (Å²) in [5, 5.41) is 0. The lowest BCUT2D eigenvalue weighted by Gasteiger charge is -2.39. The monoisotopic (exact) mass is 623 g/mol. The largest absolute Gasteiger partial charge is 0.493 e. The molecular formula is C39H36F3NO3. The maximum Gasteiger partial charge on any atom is 0.416 e. The molecule has 1 amide bonds. The molecule has 46 heavy (non-hydrogen) atoms. The highest BCUT2D eigenvalue weighted by molar-refractivity contribution is 6.04. The lowest BCUT2D eigenvalue weighted by molar-refractivity contribution is -0.137. The Balaban J connectivity index is 2.07. The molecule has 0 aromatic heterocycles. The second kappa shape index (κ2) is 13.5. The van der Waals surface area contributed by atoms with Gasteiger partial charge < -0.3 is 14.4 Å². The average molecular weight is 624 g/mol. The highest BCUT2D eigenvalue weighted by Crippen LogP contribution is 2.50. The van der Waals surface area contributed by atoms with Gasteiger partial charge in [0, 0.05) is 13.1 Å². The Labute approximate surface area is 268 Å². The van der Waals surface area contributed by atoms with Crippen LogP contribution in [0.5, 0.6) is 11.5 Å². The van der Waals surface area contributed by atoms with Gasteiger partial charge in [-0.15, -0.1) is 0 Å². The average Bonchev–Trinajstić information content (AvgIpc) is 3.09. The molecule has 0 atom stereocenters. The van der Waals surface area contributed by atoms with Gasteiger partial charge in [0.25, 0.3) is 5.91 Å². The number of hydrogen-bond donors (Lipinski definition) is 0. The molecule has 0 aliphatic rings. The first-order valence-corrected chi connectivity index (χ1v) is 15.1. The van der Waals surface area contributed by atoms with Crippen molar-refractivity contribution in [2.75, 3.05) is 27.3 Å². The molecule has 236 valence electrons. The first-order chi connectivity index (χ1) is 22.2. The molecule has 0 radical (unpaired) electrons. The molecule has 0 aliphatic heterocycles. The van der Waals surface area contributed by atoms with Crippen molar-refractivity contribution >= 4 is 5.91 Å². The standard InChI is InChI=1S/C39H36F3NO3/c1-5-43(6-2)37(44)36-32(27-22-23-34(45-3)35(24-27)46-4)25-31(39(40,41)42)26-33(36)38(28-16-10-7-11-17-28,29-18-12-8-13-19-29)30-20-14-9-15-21-30/h7-26H,5-6H2,1-4H3. The summed E-state index contributed by atoms with van der Waals surface area (Å²) >= 11 is 0. The van der Waals surface area contributed by atoms with E-state index in [0.29, 0.717) is 30.2 Å². The third-order valence-corrected chi connectivity index (χ3v) is 8.45.